The van der Waals surface area contributed by atoms with Crippen LogP contribution in [0.1, 0.15) is 58.8 Å². The Morgan fingerprint density at radius 2 is 1.76 bits per heavy atom. The fourth-order valence-electron chi connectivity index (χ4n) is 1.49. The van der Waals surface area contributed by atoms with Crippen molar-refractivity contribution in [2.75, 3.05) is 6.61 Å². The molecule has 0 radical (unpaired) electrons. The average molecular weight is 240 g/mol. The van der Waals surface area contributed by atoms with Gasteiger partial charge < -0.3 is 4.74 Å². The van der Waals surface area contributed by atoms with E-state index in [0.29, 0.717) is 6.61 Å². The Bertz CT molecular complexity index is 244. The molecule has 0 atom stereocenters. The van der Waals surface area contributed by atoms with Crippen LogP contribution in [0.15, 0.2) is 12.2 Å². The number of hydrogen-bond acceptors (Lipinski definition) is 3. The lowest BCUT2D eigenvalue weighted by Crippen LogP contribution is -2.09. The van der Waals surface area contributed by atoms with E-state index < -0.39 is 5.97 Å². The molecule has 0 N–H and O–H groups in total. The Kier molecular flexibility index (Phi) is 10.6. The first kappa shape index (κ1) is 15.9. The van der Waals surface area contributed by atoms with Crippen molar-refractivity contribution >= 4 is 11.8 Å². The van der Waals surface area contributed by atoms with Gasteiger partial charge >= 0.3 is 5.97 Å². The van der Waals surface area contributed by atoms with E-state index in [2.05, 4.69) is 6.92 Å². The van der Waals surface area contributed by atoms with E-state index in [0.717, 1.165) is 12.8 Å². The standard InChI is InChI=1S/C14H24O3/c1-3-5-6-7-8-9-10-11-13(15)12-14(16)17-4-2/h10-11H,3-9,12H2,1-2H3/b11-10+. The SMILES string of the molecule is CCCCCCC/C=C/C(=O)CC(=O)OCC. The summed E-state index contributed by atoms with van der Waals surface area (Å²) in [7, 11) is 0. The summed E-state index contributed by atoms with van der Waals surface area (Å²) in [6.45, 7) is 4.25. The number of hydrogen-bond donors (Lipinski definition) is 0. The molecule has 0 saturated carbocycles. The third-order valence-corrected chi connectivity index (χ3v) is 2.40. The van der Waals surface area contributed by atoms with Crippen molar-refractivity contribution in [3.63, 3.8) is 0 Å². The zero-order valence-corrected chi connectivity index (χ0v) is 11.0. The minimum Gasteiger partial charge on any atom is -0.466 e. The number of ketones is 1. The third kappa shape index (κ3) is 11.1. The van der Waals surface area contributed by atoms with Crippen LogP contribution in [0, 0.1) is 0 Å². The van der Waals surface area contributed by atoms with Crippen LogP contribution in [0.5, 0.6) is 0 Å². The van der Waals surface area contributed by atoms with E-state index >= 15 is 0 Å². The average Bonchev–Trinajstić information content (AvgIpc) is 2.28. The highest BCUT2D eigenvalue weighted by Gasteiger charge is 2.06. The van der Waals surface area contributed by atoms with Gasteiger partial charge in [0.05, 0.1) is 6.61 Å². The second-order valence-corrected chi connectivity index (χ2v) is 4.05. The van der Waals surface area contributed by atoms with Crippen LogP contribution in [0.4, 0.5) is 0 Å². The lowest BCUT2D eigenvalue weighted by molar-refractivity contribution is -0.144. The maximum Gasteiger partial charge on any atom is 0.313 e. The van der Waals surface area contributed by atoms with Gasteiger partial charge in [-0.05, 0) is 25.8 Å². The van der Waals surface area contributed by atoms with Crippen molar-refractivity contribution in [2.45, 2.75) is 58.8 Å². The zero-order chi connectivity index (χ0) is 12.9. The summed E-state index contributed by atoms with van der Waals surface area (Å²) < 4.78 is 4.69. The van der Waals surface area contributed by atoms with Crippen molar-refractivity contribution in [3.05, 3.63) is 12.2 Å². The first-order chi connectivity index (χ1) is 8.20. The lowest BCUT2D eigenvalue weighted by Gasteiger charge is -1.98. The molecule has 0 amide bonds. The highest BCUT2D eigenvalue weighted by Crippen LogP contribution is 2.05. The largest absolute Gasteiger partial charge is 0.466 e. The van der Waals surface area contributed by atoms with Crippen molar-refractivity contribution in [1.29, 1.82) is 0 Å². The van der Waals surface area contributed by atoms with Gasteiger partial charge in [0, 0.05) is 0 Å². The molecular formula is C14H24O3. The minimum absolute atomic E-state index is 0.139. The quantitative estimate of drug-likeness (QED) is 0.254. The van der Waals surface area contributed by atoms with Crippen LogP contribution < -0.4 is 0 Å². The predicted molar refractivity (Wildman–Crippen MR) is 68.8 cm³/mol. The molecule has 3 heteroatoms. The first-order valence-corrected chi connectivity index (χ1v) is 6.55. The molecule has 0 unspecified atom stereocenters. The molecule has 0 heterocycles. The predicted octanol–water partition coefficient (Wildman–Crippen LogP) is 3.43. The van der Waals surface area contributed by atoms with Gasteiger partial charge in [-0.25, -0.2) is 0 Å². The maximum atomic E-state index is 11.3. The van der Waals surface area contributed by atoms with Crippen molar-refractivity contribution in [1.82, 2.24) is 0 Å². The van der Waals surface area contributed by atoms with Gasteiger partial charge in [0.25, 0.3) is 0 Å². The molecule has 0 aromatic carbocycles. The highest BCUT2D eigenvalue weighted by atomic mass is 16.5. The van der Waals surface area contributed by atoms with Gasteiger partial charge in [0.15, 0.2) is 5.78 Å². The van der Waals surface area contributed by atoms with E-state index in [4.69, 9.17) is 4.74 Å². The summed E-state index contributed by atoms with van der Waals surface area (Å²) in [6.07, 6.45) is 10.2. The Balaban J connectivity index is 3.50. The van der Waals surface area contributed by atoms with Crippen LogP contribution in [0.2, 0.25) is 0 Å². The van der Waals surface area contributed by atoms with Crippen molar-refractivity contribution in [3.8, 4) is 0 Å². The van der Waals surface area contributed by atoms with Crippen molar-refractivity contribution < 1.29 is 14.3 Å². The monoisotopic (exact) mass is 240 g/mol. The molecule has 0 aliphatic heterocycles. The molecule has 0 aliphatic rings. The van der Waals surface area contributed by atoms with Crippen LogP contribution in [0.25, 0.3) is 0 Å². The fraction of sp³-hybridized carbons (Fsp3) is 0.714. The number of ether oxygens (including phenoxy) is 1. The van der Waals surface area contributed by atoms with Gasteiger partial charge in [0.2, 0.25) is 0 Å². The second-order valence-electron chi connectivity index (χ2n) is 4.05. The molecule has 0 aromatic rings. The summed E-state index contributed by atoms with van der Waals surface area (Å²) in [6, 6.07) is 0. The molecule has 0 aliphatic carbocycles. The molecule has 3 nitrogen and oxygen atoms in total. The lowest BCUT2D eigenvalue weighted by atomic mass is 10.1. The molecular weight excluding hydrogens is 216 g/mol. The Labute approximate surface area is 104 Å². The fourth-order valence-corrected chi connectivity index (χ4v) is 1.49. The van der Waals surface area contributed by atoms with Crippen LogP contribution >= 0.6 is 0 Å². The summed E-state index contributed by atoms with van der Waals surface area (Å²) in [5.74, 6) is -0.609. The van der Waals surface area contributed by atoms with Gasteiger partial charge in [-0.3, -0.25) is 9.59 Å². The van der Waals surface area contributed by atoms with E-state index in [9.17, 15) is 9.59 Å². The summed E-state index contributed by atoms with van der Waals surface area (Å²) in [5.41, 5.74) is 0. The van der Waals surface area contributed by atoms with Gasteiger partial charge in [-0.2, -0.15) is 0 Å². The smallest absolute Gasteiger partial charge is 0.313 e. The van der Waals surface area contributed by atoms with Gasteiger partial charge in [-0.15, -0.1) is 0 Å². The number of carbonyl (C=O) groups excluding carboxylic acids is 2. The number of carbonyl (C=O) groups is 2. The van der Waals surface area contributed by atoms with E-state index in [1.807, 2.05) is 6.08 Å². The topological polar surface area (TPSA) is 43.4 Å². The van der Waals surface area contributed by atoms with E-state index in [1.54, 1.807) is 6.92 Å². The molecule has 0 saturated heterocycles. The second kappa shape index (κ2) is 11.4. The zero-order valence-electron chi connectivity index (χ0n) is 11.0. The number of esters is 1. The molecule has 17 heavy (non-hydrogen) atoms. The van der Waals surface area contributed by atoms with Gasteiger partial charge in [0.1, 0.15) is 6.42 Å². The van der Waals surface area contributed by atoms with Crippen molar-refractivity contribution in [2.24, 2.45) is 0 Å². The number of rotatable bonds is 10. The Morgan fingerprint density at radius 3 is 2.41 bits per heavy atom. The van der Waals surface area contributed by atoms with Crippen LogP contribution in [0.3, 0.4) is 0 Å². The minimum atomic E-state index is -0.440. The molecule has 0 bridgehead atoms. The Hall–Kier alpha value is -1.12. The number of unbranched alkanes of at least 4 members (excludes halogenated alkanes) is 5. The number of allylic oxidation sites excluding steroid dienone is 2. The molecule has 0 spiro atoms. The summed E-state index contributed by atoms with van der Waals surface area (Å²) in [5, 5.41) is 0. The van der Waals surface area contributed by atoms with Crippen LogP contribution in [-0.4, -0.2) is 18.4 Å². The molecule has 98 valence electrons. The Morgan fingerprint density at radius 1 is 1.06 bits per heavy atom. The normalized spacial score (nSPS) is 10.7. The van der Waals surface area contributed by atoms with Gasteiger partial charge in [-0.1, -0.05) is 38.7 Å². The molecule has 0 fully saturated rings. The molecule has 0 rings (SSSR count). The van der Waals surface area contributed by atoms with E-state index in [-0.39, 0.29) is 12.2 Å². The summed E-state index contributed by atoms with van der Waals surface area (Å²) >= 11 is 0. The van der Waals surface area contributed by atoms with Crippen LogP contribution in [-0.2, 0) is 14.3 Å². The third-order valence-electron chi connectivity index (χ3n) is 2.40. The first-order valence-electron chi connectivity index (χ1n) is 6.55. The summed E-state index contributed by atoms with van der Waals surface area (Å²) in [4.78, 5) is 22.3. The maximum absolute atomic E-state index is 11.3. The van der Waals surface area contributed by atoms with E-state index in [1.165, 1.54) is 31.8 Å². The molecule has 0 aromatic heterocycles. The highest BCUT2D eigenvalue weighted by molar-refractivity contribution is 6.01.